The molecule has 0 bridgehead atoms. The second-order valence-electron chi connectivity index (χ2n) is 4.03. The predicted molar refractivity (Wildman–Crippen MR) is 58.3 cm³/mol. The van der Waals surface area contributed by atoms with E-state index in [1.807, 2.05) is 0 Å². The van der Waals surface area contributed by atoms with E-state index in [9.17, 15) is 0 Å². The van der Waals surface area contributed by atoms with E-state index in [2.05, 4.69) is 29.1 Å². The van der Waals surface area contributed by atoms with Gasteiger partial charge in [0.2, 0.25) is 0 Å². The zero-order valence-corrected chi connectivity index (χ0v) is 8.94. The number of nitrogens with one attached hydrogen (secondary N) is 1. The first-order chi connectivity index (χ1) is 6.34. The quantitative estimate of drug-likeness (QED) is 0.779. The van der Waals surface area contributed by atoms with Crippen molar-refractivity contribution in [2.24, 2.45) is 0 Å². The summed E-state index contributed by atoms with van der Waals surface area (Å²) in [7, 11) is 0. The first kappa shape index (κ1) is 9.22. The summed E-state index contributed by atoms with van der Waals surface area (Å²) in [6, 6.07) is 3.68. The van der Waals surface area contributed by atoms with Crippen molar-refractivity contribution in [2.75, 3.05) is 0 Å². The van der Waals surface area contributed by atoms with Crippen LogP contribution < -0.4 is 5.32 Å². The molecule has 2 heteroatoms. The van der Waals surface area contributed by atoms with Gasteiger partial charge in [-0.3, -0.25) is 0 Å². The van der Waals surface area contributed by atoms with Crippen molar-refractivity contribution in [1.82, 2.24) is 5.32 Å². The summed E-state index contributed by atoms with van der Waals surface area (Å²) in [6.45, 7) is 2.29. The lowest BCUT2D eigenvalue weighted by atomic mass is 9.92. The van der Waals surface area contributed by atoms with Crippen molar-refractivity contribution in [3.63, 3.8) is 0 Å². The molecule has 1 unspecified atom stereocenters. The van der Waals surface area contributed by atoms with Crippen LogP contribution in [0.15, 0.2) is 16.8 Å². The van der Waals surface area contributed by atoms with Crippen LogP contribution in [0.4, 0.5) is 0 Å². The molecule has 1 heterocycles. The van der Waals surface area contributed by atoms with Crippen molar-refractivity contribution in [3.05, 3.63) is 22.4 Å². The molecule has 72 valence electrons. The second-order valence-corrected chi connectivity index (χ2v) is 4.81. The fourth-order valence-corrected chi connectivity index (χ4v) is 2.48. The molecule has 1 nitrogen and oxygen atoms in total. The maximum absolute atomic E-state index is 3.66. The minimum Gasteiger partial charge on any atom is -0.311 e. The van der Waals surface area contributed by atoms with Crippen LogP contribution in [-0.2, 0) is 6.42 Å². The lowest BCUT2D eigenvalue weighted by Gasteiger charge is -2.29. The third kappa shape index (κ3) is 2.55. The Kier molecular flexibility index (Phi) is 3.01. The summed E-state index contributed by atoms with van der Waals surface area (Å²) in [4.78, 5) is 0. The second kappa shape index (κ2) is 4.25. The van der Waals surface area contributed by atoms with Gasteiger partial charge in [0.05, 0.1) is 0 Å². The average molecular weight is 195 g/mol. The molecular formula is C11H17NS. The van der Waals surface area contributed by atoms with E-state index in [1.54, 1.807) is 11.3 Å². The third-order valence-electron chi connectivity index (χ3n) is 2.75. The van der Waals surface area contributed by atoms with E-state index in [1.165, 1.54) is 31.2 Å². The smallest absolute Gasteiger partial charge is 0.00820 e. The Morgan fingerprint density at radius 1 is 1.62 bits per heavy atom. The lowest BCUT2D eigenvalue weighted by Crippen LogP contribution is -2.41. The molecule has 0 aromatic carbocycles. The minimum absolute atomic E-state index is 0.639. The molecule has 1 aliphatic rings. The number of hydrogen-bond donors (Lipinski definition) is 1. The first-order valence-electron chi connectivity index (χ1n) is 5.12. The zero-order chi connectivity index (χ0) is 9.10. The molecule has 1 fully saturated rings. The summed E-state index contributed by atoms with van der Waals surface area (Å²) in [5.41, 5.74) is 1.48. The fourth-order valence-electron chi connectivity index (χ4n) is 1.80. The molecule has 1 aromatic rings. The van der Waals surface area contributed by atoms with Crippen molar-refractivity contribution in [1.29, 1.82) is 0 Å². The van der Waals surface area contributed by atoms with E-state index >= 15 is 0 Å². The largest absolute Gasteiger partial charge is 0.311 e. The van der Waals surface area contributed by atoms with E-state index in [0.717, 1.165) is 6.04 Å². The Morgan fingerprint density at radius 3 is 3.00 bits per heavy atom. The van der Waals surface area contributed by atoms with Gasteiger partial charge in [-0.2, -0.15) is 11.3 Å². The van der Waals surface area contributed by atoms with Gasteiger partial charge in [-0.15, -0.1) is 0 Å². The van der Waals surface area contributed by atoms with Gasteiger partial charge < -0.3 is 5.32 Å². The summed E-state index contributed by atoms with van der Waals surface area (Å²) >= 11 is 1.79. The van der Waals surface area contributed by atoms with Crippen LogP contribution >= 0.6 is 11.3 Å². The highest BCUT2D eigenvalue weighted by atomic mass is 32.1. The number of hydrogen-bond acceptors (Lipinski definition) is 2. The Morgan fingerprint density at radius 2 is 2.46 bits per heavy atom. The molecule has 1 N–H and O–H groups in total. The van der Waals surface area contributed by atoms with Gasteiger partial charge in [-0.05, 0) is 48.6 Å². The normalized spacial score (nSPS) is 19.8. The van der Waals surface area contributed by atoms with E-state index in [-0.39, 0.29) is 0 Å². The average Bonchev–Trinajstić information content (AvgIpc) is 2.49. The molecule has 0 amide bonds. The van der Waals surface area contributed by atoms with Gasteiger partial charge >= 0.3 is 0 Å². The highest BCUT2D eigenvalue weighted by Crippen LogP contribution is 2.19. The number of thiophene rings is 1. The van der Waals surface area contributed by atoms with Gasteiger partial charge in [0.25, 0.3) is 0 Å². The predicted octanol–water partition coefficient (Wildman–Crippen LogP) is 2.82. The molecule has 0 spiro atoms. The van der Waals surface area contributed by atoms with E-state index in [0.29, 0.717) is 6.04 Å². The maximum atomic E-state index is 3.66. The highest BCUT2D eigenvalue weighted by molar-refractivity contribution is 7.07. The molecule has 1 saturated carbocycles. The van der Waals surface area contributed by atoms with Gasteiger partial charge in [0, 0.05) is 12.1 Å². The Hall–Kier alpha value is -0.340. The fraction of sp³-hybridized carbons (Fsp3) is 0.636. The summed E-state index contributed by atoms with van der Waals surface area (Å²) in [5.74, 6) is 0. The summed E-state index contributed by atoms with van der Waals surface area (Å²) in [5, 5.41) is 8.07. The SMILES string of the molecule is CC(Cc1ccsc1)NC1CCC1. The molecular weight excluding hydrogens is 178 g/mol. The molecule has 0 aliphatic heterocycles. The van der Waals surface area contributed by atoms with Gasteiger partial charge in [-0.25, -0.2) is 0 Å². The van der Waals surface area contributed by atoms with E-state index < -0.39 is 0 Å². The molecule has 13 heavy (non-hydrogen) atoms. The molecule has 1 aliphatic carbocycles. The van der Waals surface area contributed by atoms with Crippen LogP contribution in [0.1, 0.15) is 31.7 Å². The lowest BCUT2D eigenvalue weighted by molar-refractivity contribution is 0.310. The monoisotopic (exact) mass is 195 g/mol. The van der Waals surface area contributed by atoms with Crippen LogP contribution in [0, 0.1) is 0 Å². The van der Waals surface area contributed by atoms with Crippen molar-refractivity contribution < 1.29 is 0 Å². The van der Waals surface area contributed by atoms with Gasteiger partial charge in [0.15, 0.2) is 0 Å². The van der Waals surface area contributed by atoms with Crippen molar-refractivity contribution in [2.45, 2.75) is 44.7 Å². The topological polar surface area (TPSA) is 12.0 Å². The van der Waals surface area contributed by atoms with Crippen LogP contribution in [-0.4, -0.2) is 12.1 Å². The highest BCUT2D eigenvalue weighted by Gasteiger charge is 2.18. The van der Waals surface area contributed by atoms with Crippen LogP contribution in [0.25, 0.3) is 0 Å². The summed E-state index contributed by atoms with van der Waals surface area (Å²) in [6.07, 6.45) is 5.37. The Balaban J connectivity index is 1.74. The van der Waals surface area contributed by atoms with Crippen LogP contribution in [0.3, 0.4) is 0 Å². The molecule has 0 saturated heterocycles. The van der Waals surface area contributed by atoms with Crippen LogP contribution in [0.5, 0.6) is 0 Å². The molecule has 0 radical (unpaired) electrons. The third-order valence-corrected chi connectivity index (χ3v) is 3.48. The maximum Gasteiger partial charge on any atom is 0.00820 e. The molecule has 1 atom stereocenters. The van der Waals surface area contributed by atoms with E-state index in [4.69, 9.17) is 0 Å². The van der Waals surface area contributed by atoms with Crippen molar-refractivity contribution in [3.8, 4) is 0 Å². The van der Waals surface area contributed by atoms with Crippen LogP contribution in [0.2, 0.25) is 0 Å². The zero-order valence-electron chi connectivity index (χ0n) is 8.12. The molecule has 1 aromatic heterocycles. The Bertz CT molecular complexity index is 239. The van der Waals surface area contributed by atoms with Gasteiger partial charge in [-0.1, -0.05) is 6.42 Å². The minimum atomic E-state index is 0.639. The first-order valence-corrected chi connectivity index (χ1v) is 6.06. The van der Waals surface area contributed by atoms with Crippen molar-refractivity contribution >= 4 is 11.3 Å². The molecule has 2 rings (SSSR count). The summed E-state index contributed by atoms with van der Waals surface area (Å²) < 4.78 is 0. The van der Waals surface area contributed by atoms with Gasteiger partial charge in [0.1, 0.15) is 0 Å². The standard InChI is InChI=1S/C11H17NS/c1-9(12-11-3-2-4-11)7-10-5-6-13-8-10/h5-6,8-9,11-12H,2-4,7H2,1H3. The Labute approximate surface area is 84.2 Å². The number of rotatable bonds is 4.